The fourth-order valence-corrected chi connectivity index (χ4v) is 3.68. The summed E-state index contributed by atoms with van der Waals surface area (Å²) in [5.74, 6) is 0. The first-order chi connectivity index (χ1) is 11.6. The fraction of sp³-hybridized carbons (Fsp3) is 0.750. The summed E-state index contributed by atoms with van der Waals surface area (Å²) in [5, 5.41) is 3.12. The van der Waals surface area contributed by atoms with Crippen LogP contribution in [0.2, 0.25) is 0 Å². The number of imidazole rings is 1. The van der Waals surface area contributed by atoms with Crippen LogP contribution in [0.1, 0.15) is 27.2 Å². The number of amides is 2. The molecule has 8 nitrogen and oxygen atoms in total. The molecular formula is C16H29N5O3S. The van der Waals surface area contributed by atoms with Crippen LogP contribution in [-0.2, 0) is 16.6 Å². The lowest BCUT2D eigenvalue weighted by Gasteiger charge is -2.34. The normalized spacial score (nSPS) is 18.6. The molecular weight excluding hydrogens is 342 g/mol. The van der Waals surface area contributed by atoms with Crippen molar-refractivity contribution in [2.75, 3.05) is 32.4 Å². The van der Waals surface area contributed by atoms with E-state index >= 15 is 0 Å². The molecule has 9 heteroatoms. The summed E-state index contributed by atoms with van der Waals surface area (Å²) in [4.78, 5) is 18.5. The van der Waals surface area contributed by atoms with Gasteiger partial charge in [-0.2, -0.15) is 0 Å². The third-order valence-electron chi connectivity index (χ3n) is 4.51. The molecule has 1 aliphatic rings. The smallest absolute Gasteiger partial charge is 0.317 e. The Morgan fingerprint density at radius 3 is 2.52 bits per heavy atom. The number of carbonyl (C=O) groups excluding carboxylic acids is 1. The molecule has 0 saturated carbocycles. The van der Waals surface area contributed by atoms with Gasteiger partial charge >= 0.3 is 6.03 Å². The molecule has 2 rings (SSSR count). The average Bonchev–Trinajstić information content (AvgIpc) is 2.85. The largest absolute Gasteiger partial charge is 0.335 e. The van der Waals surface area contributed by atoms with Gasteiger partial charge in [-0.25, -0.2) is 22.5 Å². The van der Waals surface area contributed by atoms with Crippen LogP contribution in [0, 0.1) is 5.41 Å². The second-order valence-electron chi connectivity index (χ2n) is 7.63. The molecule has 0 radical (unpaired) electrons. The number of aromatic nitrogens is 2. The molecule has 1 fully saturated rings. The van der Waals surface area contributed by atoms with Crippen LogP contribution >= 0.6 is 0 Å². The monoisotopic (exact) mass is 371 g/mol. The fourth-order valence-electron chi connectivity index (χ4n) is 2.81. The van der Waals surface area contributed by atoms with Gasteiger partial charge in [0.15, 0.2) is 0 Å². The first-order valence-electron chi connectivity index (χ1n) is 8.53. The van der Waals surface area contributed by atoms with E-state index in [0.29, 0.717) is 39.1 Å². The third kappa shape index (κ3) is 5.71. The van der Waals surface area contributed by atoms with Gasteiger partial charge in [-0.15, -0.1) is 0 Å². The maximum Gasteiger partial charge on any atom is 0.317 e. The number of rotatable bonds is 4. The Kier molecular flexibility index (Phi) is 6.10. The van der Waals surface area contributed by atoms with Crippen molar-refractivity contribution in [1.82, 2.24) is 24.1 Å². The third-order valence-corrected chi connectivity index (χ3v) is 5.81. The molecule has 0 unspecified atom stereocenters. The van der Waals surface area contributed by atoms with Crippen LogP contribution in [0.4, 0.5) is 4.79 Å². The van der Waals surface area contributed by atoms with Crippen LogP contribution in [0.3, 0.4) is 0 Å². The van der Waals surface area contributed by atoms with Crippen LogP contribution in [-0.4, -0.2) is 71.7 Å². The lowest BCUT2D eigenvalue weighted by molar-refractivity contribution is 0.176. The van der Waals surface area contributed by atoms with Crippen molar-refractivity contribution < 1.29 is 13.2 Å². The van der Waals surface area contributed by atoms with Gasteiger partial charge in [0.2, 0.25) is 10.0 Å². The van der Waals surface area contributed by atoms with Gasteiger partial charge in [0.05, 0.1) is 18.6 Å². The van der Waals surface area contributed by atoms with Crippen molar-refractivity contribution in [3.05, 3.63) is 18.7 Å². The summed E-state index contributed by atoms with van der Waals surface area (Å²) in [7, 11) is -3.21. The molecule has 2 amide bonds. The summed E-state index contributed by atoms with van der Waals surface area (Å²) < 4.78 is 26.8. The Morgan fingerprint density at radius 1 is 1.24 bits per heavy atom. The molecule has 1 atom stereocenters. The predicted octanol–water partition coefficient (Wildman–Crippen LogP) is 0.975. The second kappa shape index (κ2) is 7.74. The lowest BCUT2D eigenvalue weighted by Crippen LogP contribution is -2.52. The molecule has 1 aliphatic heterocycles. The number of sulfonamides is 1. The number of nitrogens with zero attached hydrogens (tertiary/aromatic N) is 4. The summed E-state index contributed by atoms with van der Waals surface area (Å²) in [6, 6.07) is -0.209. The summed E-state index contributed by atoms with van der Waals surface area (Å²) in [6.07, 6.45) is 7.18. The minimum atomic E-state index is -3.21. The van der Waals surface area contributed by atoms with Crippen LogP contribution in [0.5, 0.6) is 0 Å². The topological polar surface area (TPSA) is 87.5 Å². The predicted molar refractivity (Wildman–Crippen MR) is 96.6 cm³/mol. The van der Waals surface area contributed by atoms with Crippen LogP contribution in [0.15, 0.2) is 18.7 Å². The number of hydrogen-bond donors (Lipinski definition) is 1. The van der Waals surface area contributed by atoms with Crippen LogP contribution in [0.25, 0.3) is 0 Å². The number of carbonyl (C=O) groups is 1. The standard InChI is InChI=1S/C16H29N5O3S/c1-16(2,3)14(12-19-9-6-17-13-19)18-15(22)20-7-5-8-21(11-10-20)25(4,23)24/h6,9,13-14H,5,7-8,10-12H2,1-4H3,(H,18,22)/t14-/m0/s1. The Labute approximate surface area is 150 Å². The molecule has 0 aromatic carbocycles. The van der Waals surface area contributed by atoms with E-state index in [1.807, 2.05) is 10.8 Å². The first-order valence-corrected chi connectivity index (χ1v) is 10.4. The molecule has 2 heterocycles. The second-order valence-corrected chi connectivity index (χ2v) is 9.61. The Hall–Kier alpha value is -1.61. The highest BCUT2D eigenvalue weighted by Gasteiger charge is 2.30. The molecule has 1 aromatic heterocycles. The van der Waals surface area contributed by atoms with Crippen LogP contribution < -0.4 is 5.32 Å². The van der Waals surface area contributed by atoms with Crippen molar-refractivity contribution in [3.8, 4) is 0 Å². The van der Waals surface area contributed by atoms with Gasteiger partial charge < -0.3 is 14.8 Å². The van der Waals surface area contributed by atoms with Crippen molar-refractivity contribution >= 4 is 16.1 Å². The summed E-state index contributed by atoms with van der Waals surface area (Å²) >= 11 is 0. The van der Waals surface area contributed by atoms with Gasteiger partial charge in [0.25, 0.3) is 0 Å². The van der Waals surface area contributed by atoms with Crippen molar-refractivity contribution in [3.63, 3.8) is 0 Å². The number of hydrogen-bond acceptors (Lipinski definition) is 4. The van der Waals surface area contributed by atoms with E-state index < -0.39 is 10.0 Å². The average molecular weight is 372 g/mol. The Bertz CT molecular complexity index is 666. The SMILES string of the molecule is CC(C)(C)[C@H](Cn1ccnc1)NC(=O)N1CCCN(S(C)(=O)=O)CC1. The molecule has 1 N–H and O–H groups in total. The van der Waals surface area contributed by atoms with Gasteiger partial charge in [0.1, 0.15) is 0 Å². The number of nitrogens with one attached hydrogen (secondary N) is 1. The highest BCUT2D eigenvalue weighted by atomic mass is 32.2. The van der Waals surface area contributed by atoms with E-state index in [0.717, 1.165) is 0 Å². The minimum absolute atomic E-state index is 0.0662. The van der Waals surface area contributed by atoms with E-state index in [-0.39, 0.29) is 17.5 Å². The summed E-state index contributed by atoms with van der Waals surface area (Å²) in [5.41, 5.74) is -0.120. The number of urea groups is 1. The van der Waals surface area contributed by atoms with Gasteiger partial charge in [-0.05, 0) is 11.8 Å². The van der Waals surface area contributed by atoms with E-state index in [4.69, 9.17) is 0 Å². The highest BCUT2D eigenvalue weighted by Crippen LogP contribution is 2.21. The molecule has 25 heavy (non-hydrogen) atoms. The molecule has 0 bridgehead atoms. The Morgan fingerprint density at radius 2 is 1.96 bits per heavy atom. The van der Waals surface area contributed by atoms with Gasteiger partial charge in [-0.1, -0.05) is 20.8 Å². The summed E-state index contributed by atoms with van der Waals surface area (Å²) in [6.45, 7) is 8.65. The van der Waals surface area contributed by atoms with E-state index in [9.17, 15) is 13.2 Å². The van der Waals surface area contributed by atoms with Gasteiger partial charge in [0, 0.05) is 45.1 Å². The lowest BCUT2D eigenvalue weighted by atomic mass is 9.86. The molecule has 1 aromatic rings. The molecule has 0 aliphatic carbocycles. The molecule has 0 spiro atoms. The quantitative estimate of drug-likeness (QED) is 0.854. The highest BCUT2D eigenvalue weighted by molar-refractivity contribution is 7.88. The zero-order chi connectivity index (χ0) is 18.7. The van der Waals surface area contributed by atoms with E-state index in [1.54, 1.807) is 17.4 Å². The van der Waals surface area contributed by atoms with Crippen molar-refractivity contribution in [2.45, 2.75) is 39.8 Å². The molecule has 142 valence electrons. The van der Waals surface area contributed by atoms with E-state index in [1.165, 1.54) is 10.6 Å². The van der Waals surface area contributed by atoms with Gasteiger partial charge in [-0.3, -0.25) is 0 Å². The Balaban J connectivity index is 2.00. The zero-order valence-corrected chi connectivity index (χ0v) is 16.3. The minimum Gasteiger partial charge on any atom is -0.335 e. The maximum atomic E-state index is 12.7. The van der Waals surface area contributed by atoms with E-state index in [2.05, 4.69) is 31.1 Å². The maximum absolute atomic E-state index is 12.7. The first kappa shape index (κ1) is 19.7. The zero-order valence-electron chi connectivity index (χ0n) is 15.5. The van der Waals surface area contributed by atoms with Crippen molar-refractivity contribution in [2.24, 2.45) is 5.41 Å². The molecule has 1 saturated heterocycles. The van der Waals surface area contributed by atoms with Crippen molar-refractivity contribution in [1.29, 1.82) is 0 Å².